The molecule has 0 fully saturated rings. The monoisotopic (exact) mass is 353 g/mol. The van der Waals surface area contributed by atoms with Gasteiger partial charge in [0.05, 0.1) is 17.8 Å². The summed E-state index contributed by atoms with van der Waals surface area (Å²) in [4.78, 5) is 21.7. The minimum atomic E-state index is -0.140. The van der Waals surface area contributed by atoms with Crippen LogP contribution in [0.2, 0.25) is 0 Å². The van der Waals surface area contributed by atoms with Crippen LogP contribution >= 0.6 is 11.3 Å². The summed E-state index contributed by atoms with van der Waals surface area (Å²) in [5.41, 5.74) is 2.68. The Balaban J connectivity index is 1.67. The number of ether oxygens (including phenoxy) is 1. The van der Waals surface area contributed by atoms with E-state index in [0.717, 1.165) is 23.5 Å². The van der Waals surface area contributed by atoms with E-state index < -0.39 is 0 Å². The average molecular weight is 353 g/mol. The Hall–Kier alpha value is -2.73. The summed E-state index contributed by atoms with van der Waals surface area (Å²) in [5, 5.41) is 3.87. The largest absolute Gasteiger partial charge is 0.497 e. The molecule has 6 heteroatoms. The average Bonchev–Trinajstić information content (AvgIpc) is 3.02. The number of hydrogen-bond acceptors (Lipinski definition) is 5. The fourth-order valence-electron chi connectivity index (χ4n) is 2.46. The second-order valence-electron chi connectivity index (χ2n) is 5.56. The second kappa shape index (κ2) is 7.90. The van der Waals surface area contributed by atoms with Gasteiger partial charge in [-0.05, 0) is 43.2 Å². The lowest BCUT2D eigenvalue weighted by Gasteiger charge is -2.06. The molecule has 0 unspecified atom stereocenters. The highest BCUT2D eigenvalue weighted by Gasteiger charge is 2.15. The molecule has 1 aromatic carbocycles. The van der Waals surface area contributed by atoms with Crippen LogP contribution in [-0.4, -0.2) is 23.0 Å². The molecular formula is C19H19N3O2S. The minimum absolute atomic E-state index is 0.140. The lowest BCUT2D eigenvalue weighted by Crippen LogP contribution is -2.11. The maximum Gasteiger partial charge on any atom is 0.267 e. The van der Waals surface area contributed by atoms with Crippen LogP contribution in [0.3, 0.4) is 0 Å². The maximum absolute atomic E-state index is 12.5. The summed E-state index contributed by atoms with van der Waals surface area (Å²) in [6.07, 6.45) is 5.26. The molecule has 0 aliphatic rings. The van der Waals surface area contributed by atoms with E-state index in [9.17, 15) is 4.79 Å². The van der Waals surface area contributed by atoms with Crippen LogP contribution in [0.25, 0.3) is 0 Å². The first-order valence-electron chi connectivity index (χ1n) is 7.96. The van der Waals surface area contributed by atoms with E-state index in [1.165, 1.54) is 16.9 Å². The Morgan fingerprint density at radius 3 is 2.76 bits per heavy atom. The van der Waals surface area contributed by atoms with E-state index >= 15 is 0 Å². The number of aromatic nitrogens is 2. The number of aryl methyl sites for hydroxylation is 3. The predicted octanol–water partition coefficient (Wildman–Crippen LogP) is 3.89. The molecule has 3 aromatic rings. The highest BCUT2D eigenvalue weighted by Crippen LogP contribution is 2.22. The van der Waals surface area contributed by atoms with Gasteiger partial charge in [0.25, 0.3) is 5.91 Å². The molecular weight excluding hydrogens is 334 g/mol. The summed E-state index contributed by atoms with van der Waals surface area (Å²) >= 11 is 1.45. The third-order valence-corrected chi connectivity index (χ3v) is 4.97. The smallest absolute Gasteiger partial charge is 0.267 e. The third-order valence-electron chi connectivity index (χ3n) is 3.75. The van der Waals surface area contributed by atoms with Crippen LogP contribution in [0, 0.1) is 6.92 Å². The molecule has 25 heavy (non-hydrogen) atoms. The van der Waals surface area contributed by atoms with Gasteiger partial charge in [-0.1, -0.05) is 6.07 Å². The summed E-state index contributed by atoms with van der Waals surface area (Å²) < 4.78 is 5.18. The molecule has 0 atom stereocenters. The molecule has 1 amide bonds. The molecule has 2 aromatic heterocycles. The van der Waals surface area contributed by atoms with Crippen molar-refractivity contribution in [2.24, 2.45) is 0 Å². The van der Waals surface area contributed by atoms with Crippen LogP contribution in [-0.2, 0) is 12.8 Å². The molecule has 0 aliphatic heterocycles. The predicted molar refractivity (Wildman–Crippen MR) is 99.4 cm³/mol. The highest BCUT2D eigenvalue weighted by atomic mass is 32.1. The number of pyridine rings is 1. The van der Waals surface area contributed by atoms with Crippen molar-refractivity contribution in [3.8, 4) is 5.75 Å². The number of hydrogen-bond donors (Lipinski definition) is 1. The summed E-state index contributed by atoms with van der Waals surface area (Å²) in [6, 6.07) is 11.3. The summed E-state index contributed by atoms with van der Waals surface area (Å²) in [6.45, 7) is 1.87. The number of methoxy groups -OCH3 is 1. The van der Waals surface area contributed by atoms with E-state index in [0.29, 0.717) is 16.3 Å². The molecule has 3 rings (SSSR count). The fourth-order valence-corrected chi connectivity index (χ4v) is 3.42. The van der Waals surface area contributed by atoms with Gasteiger partial charge in [0, 0.05) is 30.6 Å². The molecule has 128 valence electrons. The van der Waals surface area contributed by atoms with E-state index in [-0.39, 0.29) is 5.91 Å². The first-order chi connectivity index (χ1) is 12.2. The van der Waals surface area contributed by atoms with Crippen molar-refractivity contribution in [1.82, 2.24) is 9.97 Å². The van der Waals surface area contributed by atoms with Crippen molar-refractivity contribution in [2.75, 3.05) is 12.4 Å². The van der Waals surface area contributed by atoms with Gasteiger partial charge >= 0.3 is 0 Å². The quantitative estimate of drug-likeness (QED) is 0.730. The SMILES string of the molecule is COc1cccc(NC(=O)c2sc(CCc3ccncc3)nc2C)c1. The van der Waals surface area contributed by atoms with Crippen LogP contribution in [0.5, 0.6) is 5.75 Å². The molecule has 0 bridgehead atoms. The number of rotatable bonds is 6. The third kappa shape index (κ3) is 4.42. The molecule has 1 N–H and O–H groups in total. The van der Waals surface area contributed by atoms with Crippen molar-refractivity contribution in [1.29, 1.82) is 0 Å². The zero-order chi connectivity index (χ0) is 17.6. The first kappa shape index (κ1) is 17.1. The van der Waals surface area contributed by atoms with Crippen LogP contribution in [0.1, 0.15) is 25.9 Å². The Bertz CT molecular complexity index is 862. The number of amides is 1. The topological polar surface area (TPSA) is 64.1 Å². The lowest BCUT2D eigenvalue weighted by molar-refractivity contribution is 0.103. The van der Waals surface area contributed by atoms with Gasteiger partial charge in [0.15, 0.2) is 0 Å². The number of benzene rings is 1. The van der Waals surface area contributed by atoms with Gasteiger partial charge in [-0.25, -0.2) is 4.98 Å². The standard InChI is InChI=1S/C19H19N3O2S/c1-13-18(19(23)22-15-4-3-5-16(12-15)24-2)25-17(21-13)7-6-14-8-10-20-11-9-14/h3-5,8-12H,6-7H2,1-2H3,(H,22,23). The minimum Gasteiger partial charge on any atom is -0.497 e. The lowest BCUT2D eigenvalue weighted by atomic mass is 10.1. The Kier molecular flexibility index (Phi) is 5.40. The number of carbonyl (C=O) groups excluding carboxylic acids is 1. The van der Waals surface area contributed by atoms with Crippen molar-refractivity contribution in [3.63, 3.8) is 0 Å². The van der Waals surface area contributed by atoms with Crippen LogP contribution in [0.4, 0.5) is 5.69 Å². The molecule has 5 nitrogen and oxygen atoms in total. The normalized spacial score (nSPS) is 10.5. The highest BCUT2D eigenvalue weighted by molar-refractivity contribution is 7.13. The number of nitrogens with zero attached hydrogens (tertiary/aromatic N) is 2. The summed E-state index contributed by atoms with van der Waals surface area (Å²) in [5.74, 6) is 0.565. The molecule has 0 saturated heterocycles. The summed E-state index contributed by atoms with van der Waals surface area (Å²) in [7, 11) is 1.60. The van der Waals surface area contributed by atoms with Gasteiger partial charge in [-0.2, -0.15) is 0 Å². The van der Waals surface area contributed by atoms with Gasteiger partial charge in [-0.15, -0.1) is 11.3 Å². The van der Waals surface area contributed by atoms with Crippen molar-refractivity contribution in [2.45, 2.75) is 19.8 Å². The van der Waals surface area contributed by atoms with E-state index in [2.05, 4.69) is 15.3 Å². The number of thiazole rings is 1. The van der Waals surface area contributed by atoms with Gasteiger partial charge < -0.3 is 10.1 Å². The fraction of sp³-hybridized carbons (Fsp3) is 0.211. The number of carbonyl (C=O) groups is 1. The van der Waals surface area contributed by atoms with Crippen LogP contribution < -0.4 is 10.1 Å². The van der Waals surface area contributed by atoms with E-state index in [1.54, 1.807) is 25.6 Å². The zero-order valence-electron chi connectivity index (χ0n) is 14.2. The van der Waals surface area contributed by atoms with Crippen molar-refractivity contribution in [3.05, 3.63) is 69.9 Å². The van der Waals surface area contributed by atoms with E-state index in [1.807, 2.05) is 37.3 Å². The number of anilines is 1. The van der Waals surface area contributed by atoms with Crippen molar-refractivity contribution < 1.29 is 9.53 Å². The first-order valence-corrected chi connectivity index (χ1v) is 8.78. The van der Waals surface area contributed by atoms with Crippen molar-refractivity contribution >= 4 is 22.9 Å². The Morgan fingerprint density at radius 2 is 2.00 bits per heavy atom. The maximum atomic E-state index is 12.5. The van der Waals surface area contributed by atoms with Crippen LogP contribution in [0.15, 0.2) is 48.8 Å². The Morgan fingerprint density at radius 1 is 1.20 bits per heavy atom. The Labute approximate surface area is 150 Å². The molecule has 0 aliphatic carbocycles. The molecule has 0 spiro atoms. The molecule has 0 radical (unpaired) electrons. The zero-order valence-corrected chi connectivity index (χ0v) is 15.0. The van der Waals surface area contributed by atoms with E-state index in [4.69, 9.17) is 4.74 Å². The second-order valence-corrected chi connectivity index (χ2v) is 6.65. The van der Waals surface area contributed by atoms with Gasteiger partial charge in [0.1, 0.15) is 10.6 Å². The molecule has 0 saturated carbocycles. The molecule has 2 heterocycles. The number of nitrogens with one attached hydrogen (secondary N) is 1. The van der Waals surface area contributed by atoms with Gasteiger partial charge in [-0.3, -0.25) is 9.78 Å². The van der Waals surface area contributed by atoms with Gasteiger partial charge in [0.2, 0.25) is 0 Å².